The lowest BCUT2D eigenvalue weighted by Gasteiger charge is -2.35. The zero-order chi connectivity index (χ0) is 20.4. The SMILES string of the molecule is Cc1nc(SCC(=O)OCC(=O)N2C[C@H](C)O[C@@H](C)C2)c2c(C)c(C)sc2n1. The van der Waals surface area contributed by atoms with Crippen molar-refractivity contribution in [2.75, 3.05) is 25.4 Å². The number of aryl methyl sites for hydroxylation is 3. The van der Waals surface area contributed by atoms with E-state index in [0.717, 1.165) is 20.8 Å². The predicted molar refractivity (Wildman–Crippen MR) is 110 cm³/mol. The highest BCUT2D eigenvalue weighted by Crippen LogP contribution is 2.35. The van der Waals surface area contributed by atoms with Crippen LogP contribution in [0, 0.1) is 20.8 Å². The first-order valence-electron chi connectivity index (χ1n) is 9.20. The van der Waals surface area contributed by atoms with Crippen LogP contribution in [0.1, 0.15) is 30.1 Å². The van der Waals surface area contributed by atoms with Gasteiger partial charge in [-0.3, -0.25) is 9.59 Å². The summed E-state index contributed by atoms with van der Waals surface area (Å²) in [6.45, 7) is 10.6. The Labute approximate surface area is 172 Å². The van der Waals surface area contributed by atoms with Crippen LogP contribution in [0.25, 0.3) is 10.2 Å². The van der Waals surface area contributed by atoms with E-state index in [4.69, 9.17) is 9.47 Å². The maximum Gasteiger partial charge on any atom is 0.316 e. The first-order chi connectivity index (χ1) is 13.2. The van der Waals surface area contributed by atoms with Crippen molar-refractivity contribution in [2.24, 2.45) is 0 Å². The smallest absolute Gasteiger partial charge is 0.316 e. The Hall–Kier alpha value is -1.71. The Kier molecular flexibility index (Phi) is 6.57. The third kappa shape index (κ3) is 4.82. The molecule has 1 fully saturated rings. The molecule has 2 atom stereocenters. The number of carbonyl (C=O) groups excluding carboxylic acids is 2. The van der Waals surface area contributed by atoms with Crippen molar-refractivity contribution in [1.82, 2.24) is 14.9 Å². The molecule has 0 spiro atoms. The highest BCUT2D eigenvalue weighted by molar-refractivity contribution is 8.00. The van der Waals surface area contributed by atoms with E-state index in [1.165, 1.54) is 16.6 Å². The number of esters is 1. The van der Waals surface area contributed by atoms with Gasteiger partial charge in [0.25, 0.3) is 5.91 Å². The minimum atomic E-state index is -0.429. The van der Waals surface area contributed by atoms with E-state index in [-0.39, 0.29) is 30.5 Å². The van der Waals surface area contributed by atoms with Crippen molar-refractivity contribution < 1.29 is 19.1 Å². The Morgan fingerprint density at radius 3 is 2.57 bits per heavy atom. The summed E-state index contributed by atoms with van der Waals surface area (Å²) in [4.78, 5) is 37.3. The van der Waals surface area contributed by atoms with E-state index in [2.05, 4.69) is 16.9 Å². The van der Waals surface area contributed by atoms with Crippen molar-refractivity contribution in [3.63, 3.8) is 0 Å². The molecule has 0 radical (unpaired) electrons. The number of fused-ring (bicyclic) bond motifs is 1. The number of amides is 1. The molecule has 0 aliphatic carbocycles. The lowest BCUT2D eigenvalue weighted by molar-refractivity contribution is -0.155. The molecule has 3 heterocycles. The van der Waals surface area contributed by atoms with Gasteiger partial charge in [0.1, 0.15) is 15.7 Å². The molecule has 2 aromatic heterocycles. The first-order valence-corrected chi connectivity index (χ1v) is 11.0. The monoisotopic (exact) mass is 423 g/mol. The van der Waals surface area contributed by atoms with Gasteiger partial charge in [0.05, 0.1) is 18.0 Å². The Bertz CT molecular complexity index is 889. The minimum Gasteiger partial charge on any atom is -0.455 e. The zero-order valence-electron chi connectivity index (χ0n) is 16.8. The first kappa shape index (κ1) is 21.0. The van der Waals surface area contributed by atoms with E-state index in [0.29, 0.717) is 18.9 Å². The average Bonchev–Trinajstić information content (AvgIpc) is 2.90. The van der Waals surface area contributed by atoms with Crippen molar-refractivity contribution >= 4 is 45.2 Å². The Balaban J connectivity index is 1.56. The van der Waals surface area contributed by atoms with Crippen molar-refractivity contribution in [3.05, 3.63) is 16.3 Å². The second-order valence-corrected chi connectivity index (χ2v) is 9.21. The van der Waals surface area contributed by atoms with Crippen molar-refractivity contribution in [2.45, 2.75) is 51.9 Å². The molecule has 1 aliphatic heterocycles. The third-order valence-electron chi connectivity index (χ3n) is 4.56. The lowest BCUT2D eigenvalue weighted by Crippen LogP contribution is -2.49. The van der Waals surface area contributed by atoms with Crippen LogP contribution in [-0.4, -0.2) is 64.4 Å². The average molecular weight is 424 g/mol. The summed E-state index contributed by atoms with van der Waals surface area (Å²) in [5, 5.41) is 1.78. The highest BCUT2D eigenvalue weighted by Gasteiger charge is 2.26. The van der Waals surface area contributed by atoms with Crippen LogP contribution in [0.4, 0.5) is 0 Å². The Morgan fingerprint density at radius 1 is 1.21 bits per heavy atom. The van der Waals surface area contributed by atoms with Crippen LogP contribution >= 0.6 is 23.1 Å². The van der Waals surface area contributed by atoms with E-state index < -0.39 is 5.97 Å². The molecule has 0 unspecified atom stereocenters. The summed E-state index contributed by atoms with van der Waals surface area (Å²) >= 11 is 2.95. The fourth-order valence-corrected chi connectivity index (χ4v) is 5.27. The molecule has 0 bridgehead atoms. The molecule has 3 rings (SSSR count). The molecule has 7 nitrogen and oxygen atoms in total. The molecule has 0 saturated carbocycles. The van der Waals surface area contributed by atoms with Crippen LogP contribution in [0.3, 0.4) is 0 Å². The van der Waals surface area contributed by atoms with Gasteiger partial charge in [-0.15, -0.1) is 11.3 Å². The summed E-state index contributed by atoms with van der Waals surface area (Å²) < 4.78 is 10.8. The van der Waals surface area contributed by atoms with Gasteiger partial charge < -0.3 is 14.4 Å². The van der Waals surface area contributed by atoms with Crippen molar-refractivity contribution in [1.29, 1.82) is 0 Å². The summed E-state index contributed by atoms with van der Waals surface area (Å²) in [6.07, 6.45) is -0.0284. The molecule has 28 heavy (non-hydrogen) atoms. The fraction of sp³-hybridized carbons (Fsp3) is 0.579. The fourth-order valence-electron chi connectivity index (χ4n) is 3.20. The molecule has 1 amide bonds. The van der Waals surface area contributed by atoms with Crippen LogP contribution < -0.4 is 0 Å². The van der Waals surface area contributed by atoms with Gasteiger partial charge in [0.15, 0.2) is 6.61 Å². The quantitative estimate of drug-likeness (QED) is 0.415. The van der Waals surface area contributed by atoms with E-state index in [9.17, 15) is 9.59 Å². The van der Waals surface area contributed by atoms with Gasteiger partial charge in [-0.2, -0.15) is 0 Å². The van der Waals surface area contributed by atoms with Gasteiger partial charge in [-0.25, -0.2) is 9.97 Å². The molecule has 1 saturated heterocycles. The molecule has 0 N–H and O–H groups in total. The number of aromatic nitrogens is 2. The van der Waals surface area contributed by atoms with Crippen molar-refractivity contribution in [3.8, 4) is 0 Å². The second-order valence-electron chi connectivity index (χ2n) is 7.04. The minimum absolute atomic E-state index is 0.0142. The van der Waals surface area contributed by atoms with Crippen LogP contribution in [0.5, 0.6) is 0 Å². The number of nitrogens with zero attached hydrogens (tertiary/aromatic N) is 3. The number of hydrogen-bond acceptors (Lipinski definition) is 8. The number of ether oxygens (including phenoxy) is 2. The van der Waals surface area contributed by atoms with E-state index in [1.807, 2.05) is 27.7 Å². The Morgan fingerprint density at radius 2 is 1.89 bits per heavy atom. The van der Waals surface area contributed by atoms with E-state index in [1.54, 1.807) is 16.2 Å². The number of thiophene rings is 1. The van der Waals surface area contributed by atoms with Gasteiger partial charge >= 0.3 is 5.97 Å². The van der Waals surface area contributed by atoms with Gasteiger partial charge in [0, 0.05) is 23.4 Å². The summed E-state index contributed by atoms with van der Waals surface area (Å²) in [5.41, 5.74) is 1.14. The van der Waals surface area contributed by atoms with Crippen LogP contribution in [0.2, 0.25) is 0 Å². The second kappa shape index (κ2) is 8.75. The normalized spacial score (nSPS) is 19.8. The predicted octanol–water partition coefficient (Wildman–Crippen LogP) is 2.89. The lowest BCUT2D eigenvalue weighted by atomic mass is 10.2. The maximum absolute atomic E-state index is 12.3. The zero-order valence-corrected chi connectivity index (χ0v) is 18.4. The number of rotatable bonds is 5. The molecule has 0 aromatic carbocycles. The van der Waals surface area contributed by atoms with Gasteiger partial charge in [-0.05, 0) is 40.2 Å². The molecule has 152 valence electrons. The molecule has 1 aliphatic rings. The van der Waals surface area contributed by atoms with Crippen LogP contribution in [0.15, 0.2) is 5.03 Å². The summed E-state index contributed by atoms with van der Waals surface area (Å²) in [6, 6.07) is 0. The largest absolute Gasteiger partial charge is 0.455 e. The number of morpholine rings is 1. The topological polar surface area (TPSA) is 81.6 Å². The molecule has 9 heteroatoms. The number of thioether (sulfide) groups is 1. The molecular weight excluding hydrogens is 398 g/mol. The van der Waals surface area contributed by atoms with Crippen LogP contribution in [-0.2, 0) is 19.1 Å². The number of carbonyl (C=O) groups is 2. The van der Waals surface area contributed by atoms with Gasteiger partial charge in [0.2, 0.25) is 0 Å². The third-order valence-corrected chi connectivity index (χ3v) is 6.61. The number of hydrogen-bond donors (Lipinski definition) is 0. The molecular formula is C19H25N3O4S2. The summed E-state index contributed by atoms with van der Waals surface area (Å²) in [7, 11) is 0. The van der Waals surface area contributed by atoms with Gasteiger partial charge in [-0.1, -0.05) is 11.8 Å². The standard InChI is InChI=1S/C19H25N3O4S2/c1-10-6-22(7-11(2)26-10)15(23)8-25-16(24)9-27-18-17-12(3)13(4)28-19(17)21-14(5)20-18/h10-11H,6-9H2,1-5H3/t10-,11-/m0/s1. The summed E-state index contributed by atoms with van der Waals surface area (Å²) in [5.74, 6) is 0.158. The highest BCUT2D eigenvalue weighted by atomic mass is 32.2. The molecule has 2 aromatic rings. The van der Waals surface area contributed by atoms with E-state index >= 15 is 0 Å². The maximum atomic E-state index is 12.3.